The van der Waals surface area contributed by atoms with Gasteiger partial charge in [-0.15, -0.1) is 0 Å². The van der Waals surface area contributed by atoms with Crippen LogP contribution in [0.4, 0.5) is 0 Å². The number of nitrogens with one attached hydrogen (secondary N) is 1. The molecule has 4 heteroatoms. The van der Waals surface area contributed by atoms with Gasteiger partial charge in [-0.2, -0.15) is 0 Å². The van der Waals surface area contributed by atoms with Gasteiger partial charge in [0.2, 0.25) is 0 Å². The standard InChI is InChI=1S/C14H17NO3/c16-14(17)13(12-10-7-18-8-11(10)12)15-6-9-4-2-1-3-5-9/h1-5,10-13,15H,6-8H2,(H,16,17). The Morgan fingerprint density at radius 1 is 1.33 bits per heavy atom. The second-order valence-electron chi connectivity index (χ2n) is 5.12. The van der Waals surface area contributed by atoms with E-state index in [0.717, 1.165) is 18.8 Å². The maximum atomic E-state index is 11.3. The summed E-state index contributed by atoms with van der Waals surface area (Å²) < 4.78 is 5.31. The lowest BCUT2D eigenvalue weighted by Crippen LogP contribution is -2.40. The fourth-order valence-corrected chi connectivity index (χ4v) is 2.99. The number of aliphatic carboxylic acids is 1. The number of carbonyl (C=O) groups is 1. The number of ether oxygens (including phenoxy) is 1. The molecule has 2 N–H and O–H groups in total. The Kier molecular flexibility index (Phi) is 3.06. The van der Waals surface area contributed by atoms with Gasteiger partial charge in [-0.1, -0.05) is 30.3 Å². The van der Waals surface area contributed by atoms with E-state index in [4.69, 9.17) is 4.74 Å². The van der Waals surface area contributed by atoms with Crippen molar-refractivity contribution < 1.29 is 14.6 Å². The molecule has 2 fully saturated rings. The van der Waals surface area contributed by atoms with Crippen LogP contribution in [0, 0.1) is 17.8 Å². The molecule has 1 aliphatic carbocycles. The van der Waals surface area contributed by atoms with Crippen LogP contribution in [0.25, 0.3) is 0 Å². The molecule has 1 aromatic rings. The number of hydrogen-bond donors (Lipinski definition) is 2. The average molecular weight is 247 g/mol. The summed E-state index contributed by atoms with van der Waals surface area (Å²) in [6, 6.07) is 9.45. The molecule has 3 rings (SSSR count). The summed E-state index contributed by atoms with van der Waals surface area (Å²) in [7, 11) is 0. The minimum Gasteiger partial charge on any atom is -0.480 e. The fourth-order valence-electron chi connectivity index (χ4n) is 2.99. The summed E-state index contributed by atoms with van der Waals surface area (Å²) in [5, 5.41) is 12.5. The highest BCUT2D eigenvalue weighted by Gasteiger charge is 2.58. The first kappa shape index (κ1) is 11.7. The molecule has 0 amide bonds. The monoisotopic (exact) mass is 247 g/mol. The SMILES string of the molecule is O=C(O)C(NCc1ccccc1)C1C2COCC21. The predicted octanol–water partition coefficient (Wildman–Crippen LogP) is 1.12. The average Bonchev–Trinajstić information content (AvgIpc) is 2.85. The van der Waals surface area contributed by atoms with Crippen LogP contribution in [0.15, 0.2) is 30.3 Å². The van der Waals surface area contributed by atoms with Crippen LogP contribution < -0.4 is 5.32 Å². The third-order valence-corrected chi connectivity index (χ3v) is 4.04. The van der Waals surface area contributed by atoms with Gasteiger partial charge in [0.1, 0.15) is 6.04 Å². The molecule has 3 unspecified atom stereocenters. The van der Waals surface area contributed by atoms with E-state index in [-0.39, 0.29) is 5.92 Å². The van der Waals surface area contributed by atoms with Crippen molar-refractivity contribution in [2.45, 2.75) is 12.6 Å². The molecule has 4 nitrogen and oxygen atoms in total. The van der Waals surface area contributed by atoms with E-state index in [1.165, 1.54) is 0 Å². The van der Waals surface area contributed by atoms with Crippen LogP contribution in [0.2, 0.25) is 0 Å². The zero-order valence-electron chi connectivity index (χ0n) is 10.1. The van der Waals surface area contributed by atoms with Crippen molar-refractivity contribution in [1.82, 2.24) is 5.32 Å². The van der Waals surface area contributed by atoms with Gasteiger partial charge >= 0.3 is 5.97 Å². The maximum Gasteiger partial charge on any atom is 0.321 e. The molecule has 0 aromatic heterocycles. The van der Waals surface area contributed by atoms with Gasteiger partial charge in [0, 0.05) is 6.54 Å². The molecular formula is C14H17NO3. The Morgan fingerprint density at radius 3 is 2.61 bits per heavy atom. The highest BCUT2D eigenvalue weighted by molar-refractivity contribution is 5.74. The lowest BCUT2D eigenvalue weighted by Gasteiger charge is -2.16. The Hall–Kier alpha value is -1.39. The summed E-state index contributed by atoms with van der Waals surface area (Å²) >= 11 is 0. The van der Waals surface area contributed by atoms with Gasteiger partial charge in [0.25, 0.3) is 0 Å². The number of carboxylic acid groups (broad SMARTS) is 1. The third kappa shape index (κ3) is 2.13. The molecular weight excluding hydrogens is 230 g/mol. The number of benzene rings is 1. The molecule has 3 atom stereocenters. The first-order valence-electron chi connectivity index (χ1n) is 6.35. The van der Waals surface area contributed by atoms with Crippen LogP contribution in [0.3, 0.4) is 0 Å². The quantitative estimate of drug-likeness (QED) is 0.818. The van der Waals surface area contributed by atoms with Crippen molar-refractivity contribution >= 4 is 5.97 Å². The number of hydrogen-bond acceptors (Lipinski definition) is 3. The van der Waals surface area contributed by atoms with E-state index in [1.807, 2.05) is 30.3 Å². The van der Waals surface area contributed by atoms with E-state index >= 15 is 0 Å². The van der Waals surface area contributed by atoms with Crippen LogP contribution in [0.1, 0.15) is 5.56 Å². The number of carboxylic acids is 1. The second-order valence-corrected chi connectivity index (χ2v) is 5.12. The van der Waals surface area contributed by atoms with Crippen molar-refractivity contribution in [2.24, 2.45) is 17.8 Å². The summed E-state index contributed by atoms with van der Waals surface area (Å²) in [6.45, 7) is 2.06. The zero-order chi connectivity index (χ0) is 12.5. The smallest absolute Gasteiger partial charge is 0.321 e. The Labute approximate surface area is 106 Å². The van der Waals surface area contributed by atoms with Crippen molar-refractivity contribution in [3.63, 3.8) is 0 Å². The van der Waals surface area contributed by atoms with Gasteiger partial charge in [-0.05, 0) is 23.3 Å². The van der Waals surface area contributed by atoms with Gasteiger partial charge in [-0.25, -0.2) is 0 Å². The van der Waals surface area contributed by atoms with E-state index in [0.29, 0.717) is 18.4 Å². The van der Waals surface area contributed by atoms with Crippen LogP contribution >= 0.6 is 0 Å². The number of fused-ring (bicyclic) bond motifs is 1. The topological polar surface area (TPSA) is 58.6 Å². The third-order valence-electron chi connectivity index (χ3n) is 4.04. The van der Waals surface area contributed by atoms with Gasteiger partial charge in [0.15, 0.2) is 0 Å². The van der Waals surface area contributed by atoms with Crippen molar-refractivity contribution in [3.05, 3.63) is 35.9 Å². The Morgan fingerprint density at radius 2 is 2.00 bits per heavy atom. The van der Waals surface area contributed by atoms with Crippen LogP contribution in [0.5, 0.6) is 0 Å². The molecule has 96 valence electrons. The largest absolute Gasteiger partial charge is 0.480 e. The lowest BCUT2D eigenvalue weighted by atomic mass is 10.1. The summed E-state index contributed by atoms with van der Waals surface area (Å²) in [5.41, 5.74) is 1.12. The summed E-state index contributed by atoms with van der Waals surface area (Å²) in [6.07, 6.45) is 0. The fraction of sp³-hybridized carbons (Fsp3) is 0.500. The minimum absolute atomic E-state index is 0.250. The summed E-state index contributed by atoms with van der Waals surface area (Å²) in [5.74, 6) is 0.411. The molecule has 1 heterocycles. The molecule has 0 spiro atoms. The van der Waals surface area contributed by atoms with Gasteiger partial charge in [0.05, 0.1) is 13.2 Å². The highest BCUT2D eigenvalue weighted by Crippen LogP contribution is 2.52. The van der Waals surface area contributed by atoms with Crippen molar-refractivity contribution in [3.8, 4) is 0 Å². The lowest BCUT2D eigenvalue weighted by molar-refractivity contribution is -0.140. The first-order valence-corrected chi connectivity index (χ1v) is 6.35. The van der Waals surface area contributed by atoms with Gasteiger partial charge < -0.3 is 15.2 Å². The molecule has 1 aromatic carbocycles. The number of rotatable bonds is 5. The van der Waals surface area contributed by atoms with E-state index in [2.05, 4.69) is 5.32 Å². The van der Waals surface area contributed by atoms with Crippen molar-refractivity contribution in [1.29, 1.82) is 0 Å². The summed E-state index contributed by atoms with van der Waals surface area (Å²) in [4.78, 5) is 11.3. The molecule has 1 aliphatic heterocycles. The van der Waals surface area contributed by atoms with Crippen LogP contribution in [-0.2, 0) is 16.1 Å². The van der Waals surface area contributed by atoms with Gasteiger partial charge in [-0.3, -0.25) is 4.79 Å². The zero-order valence-corrected chi connectivity index (χ0v) is 10.1. The Bertz CT molecular complexity index is 424. The molecule has 2 aliphatic rings. The van der Waals surface area contributed by atoms with Crippen LogP contribution in [-0.4, -0.2) is 30.3 Å². The highest BCUT2D eigenvalue weighted by atomic mass is 16.5. The molecule has 1 saturated heterocycles. The Balaban J connectivity index is 1.60. The minimum atomic E-state index is -0.745. The van der Waals surface area contributed by atoms with E-state index in [1.54, 1.807) is 0 Å². The molecule has 18 heavy (non-hydrogen) atoms. The normalized spacial score (nSPS) is 30.8. The van der Waals surface area contributed by atoms with E-state index < -0.39 is 12.0 Å². The maximum absolute atomic E-state index is 11.3. The second kappa shape index (κ2) is 4.71. The van der Waals surface area contributed by atoms with E-state index in [9.17, 15) is 9.90 Å². The first-order chi connectivity index (χ1) is 8.77. The predicted molar refractivity (Wildman–Crippen MR) is 66.0 cm³/mol. The molecule has 0 radical (unpaired) electrons. The van der Waals surface area contributed by atoms with Crippen molar-refractivity contribution in [2.75, 3.05) is 13.2 Å². The molecule has 1 saturated carbocycles. The molecule has 0 bridgehead atoms.